The highest BCUT2D eigenvalue weighted by Crippen LogP contribution is 2.19. The average molecular weight is 402 g/mol. The van der Waals surface area contributed by atoms with Crippen molar-refractivity contribution in [2.45, 2.75) is 44.8 Å². The van der Waals surface area contributed by atoms with Crippen LogP contribution in [0.1, 0.15) is 40.0 Å². The van der Waals surface area contributed by atoms with E-state index in [1.54, 1.807) is 6.20 Å². The molecular formula is C24H26N4O2. The SMILES string of the molecule is O=C(CCCc1ccccc1)N[C@H]1Cc2c(C(=O)NCc3ccccc3)cnn2C1. The van der Waals surface area contributed by atoms with Crippen molar-refractivity contribution < 1.29 is 9.59 Å². The number of nitrogens with one attached hydrogen (secondary N) is 2. The summed E-state index contributed by atoms with van der Waals surface area (Å²) in [6.45, 7) is 1.08. The molecule has 0 bridgehead atoms. The van der Waals surface area contributed by atoms with Crippen LogP contribution in [-0.4, -0.2) is 27.6 Å². The smallest absolute Gasteiger partial charge is 0.255 e. The van der Waals surface area contributed by atoms with E-state index in [0.29, 0.717) is 31.5 Å². The van der Waals surface area contributed by atoms with E-state index in [1.165, 1.54) is 5.56 Å². The number of amides is 2. The van der Waals surface area contributed by atoms with Crippen LogP contribution in [0.5, 0.6) is 0 Å². The lowest BCUT2D eigenvalue weighted by Gasteiger charge is -2.12. The van der Waals surface area contributed by atoms with Gasteiger partial charge in [0.05, 0.1) is 30.0 Å². The summed E-state index contributed by atoms with van der Waals surface area (Å²) >= 11 is 0. The Hall–Kier alpha value is -3.41. The van der Waals surface area contributed by atoms with E-state index < -0.39 is 0 Å². The first-order valence-corrected chi connectivity index (χ1v) is 10.4. The van der Waals surface area contributed by atoms with Crippen molar-refractivity contribution in [3.05, 3.63) is 89.2 Å². The molecule has 3 aromatic rings. The molecule has 0 saturated heterocycles. The van der Waals surface area contributed by atoms with Crippen molar-refractivity contribution in [2.75, 3.05) is 0 Å². The Bertz CT molecular complexity index is 999. The number of nitrogens with zero attached hydrogens (tertiary/aromatic N) is 2. The molecule has 0 spiro atoms. The second kappa shape index (κ2) is 9.39. The minimum atomic E-state index is -0.130. The number of fused-ring (bicyclic) bond motifs is 1. The third-order valence-electron chi connectivity index (χ3n) is 5.40. The van der Waals surface area contributed by atoms with Gasteiger partial charge in [-0.05, 0) is 24.0 Å². The molecule has 6 nitrogen and oxygen atoms in total. The van der Waals surface area contributed by atoms with Gasteiger partial charge in [-0.3, -0.25) is 14.3 Å². The molecule has 2 amide bonds. The minimum absolute atomic E-state index is 0.0152. The molecule has 1 atom stereocenters. The number of hydrogen-bond acceptors (Lipinski definition) is 3. The molecule has 30 heavy (non-hydrogen) atoms. The van der Waals surface area contributed by atoms with Crippen LogP contribution in [0.4, 0.5) is 0 Å². The number of hydrogen-bond donors (Lipinski definition) is 2. The molecule has 1 aliphatic rings. The summed E-state index contributed by atoms with van der Waals surface area (Å²) in [5.41, 5.74) is 3.77. The fraction of sp³-hybridized carbons (Fsp3) is 0.292. The lowest BCUT2D eigenvalue weighted by molar-refractivity contribution is -0.121. The Morgan fingerprint density at radius 2 is 1.70 bits per heavy atom. The second-order valence-electron chi connectivity index (χ2n) is 7.66. The van der Waals surface area contributed by atoms with Gasteiger partial charge in [-0.25, -0.2) is 0 Å². The van der Waals surface area contributed by atoms with E-state index in [-0.39, 0.29) is 17.9 Å². The third-order valence-corrected chi connectivity index (χ3v) is 5.40. The molecule has 0 fully saturated rings. The van der Waals surface area contributed by atoms with Crippen molar-refractivity contribution in [3.63, 3.8) is 0 Å². The highest BCUT2D eigenvalue weighted by Gasteiger charge is 2.28. The Balaban J connectivity index is 1.25. The van der Waals surface area contributed by atoms with Crippen molar-refractivity contribution in [1.29, 1.82) is 0 Å². The Morgan fingerprint density at radius 3 is 2.43 bits per heavy atom. The van der Waals surface area contributed by atoms with Crippen LogP contribution in [0, 0.1) is 0 Å². The summed E-state index contributed by atoms with van der Waals surface area (Å²) in [7, 11) is 0. The number of aryl methyl sites for hydroxylation is 1. The van der Waals surface area contributed by atoms with Gasteiger partial charge in [0, 0.05) is 19.4 Å². The summed E-state index contributed by atoms with van der Waals surface area (Å²) < 4.78 is 1.83. The number of carbonyl (C=O) groups excluding carboxylic acids is 2. The lowest BCUT2D eigenvalue weighted by atomic mass is 10.1. The van der Waals surface area contributed by atoms with Gasteiger partial charge >= 0.3 is 0 Å². The van der Waals surface area contributed by atoms with Gasteiger partial charge in [-0.1, -0.05) is 60.7 Å². The van der Waals surface area contributed by atoms with Crippen LogP contribution < -0.4 is 10.6 Å². The Labute approximate surface area is 176 Å². The quantitative estimate of drug-likeness (QED) is 0.608. The summed E-state index contributed by atoms with van der Waals surface area (Å²) in [5, 5.41) is 10.4. The fourth-order valence-corrected chi connectivity index (χ4v) is 3.85. The zero-order valence-electron chi connectivity index (χ0n) is 16.9. The maximum atomic E-state index is 12.6. The standard InChI is InChI=1S/C24H26N4O2/c29-23(13-7-12-18-8-3-1-4-9-18)27-20-14-22-21(16-26-28(22)17-20)24(30)25-15-19-10-5-2-6-11-19/h1-6,8-11,16,20H,7,12-15,17H2,(H,25,30)(H,27,29)/t20-/m0/s1. The van der Waals surface area contributed by atoms with Crippen LogP contribution in [-0.2, 0) is 30.7 Å². The van der Waals surface area contributed by atoms with E-state index in [4.69, 9.17) is 0 Å². The van der Waals surface area contributed by atoms with Crippen LogP contribution >= 0.6 is 0 Å². The first-order valence-electron chi connectivity index (χ1n) is 10.4. The topological polar surface area (TPSA) is 76.0 Å². The van der Waals surface area contributed by atoms with E-state index in [9.17, 15) is 9.59 Å². The van der Waals surface area contributed by atoms with Gasteiger partial charge < -0.3 is 10.6 Å². The number of carbonyl (C=O) groups is 2. The summed E-state index contributed by atoms with van der Waals surface area (Å²) in [6, 6.07) is 20.0. The molecule has 0 saturated carbocycles. The fourth-order valence-electron chi connectivity index (χ4n) is 3.85. The highest BCUT2D eigenvalue weighted by atomic mass is 16.2. The predicted octanol–water partition coefficient (Wildman–Crippen LogP) is 2.88. The Kier molecular flexibility index (Phi) is 6.23. The van der Waals surface area contributed by atoms with Gasteiger partial charge in [0.1, 0.15) is 0 Å². The molecular weight excluding hydrogens is 376 g/mol. The molecule has 2 heterocycles. The molecule has 4 rings (SSSR count). The largest absolute Gasteiger partial charge is 0.351 e. The maximum Gasteiger partial charge on any atom is 0.255 e. The summed E-state index contributed by atoms with van der Waals surface area (Å²) in [6.07, 6.45) is 4.46. The van der Waals surface area contributed by atoms with Gasteiger partial charge in [0.25, 0.3) is 5.91 Å². The van der Waals surface area contributed by atoms with Gasteiger partial charge in [0.15, 0.2) is 0 Å². The minimum Gasteiger partial charge on any atom is -0.351 e. The highest BCUT2D eigenvalue weighted by molar-refractivity contribution is 5.95. The summed E-state index contributed by atoms with van der Waals surface area (Å²) in [4.78, 5) is 24.9. The number of rotatable bonds is 8. The third kappa shape index (κ3) is 4.95. The van der Waals surface area contributed by atoms with Crippen LogP contribution in [0.2, 0.25) is 0 Å². The molecule has 1 aliphatic heterocycles. The van der Waals surface area contributed by atoms with Crippen LogP contribution in [0.3, 0.4) is 0 Å². The first kappa shape index (κ1) is 19.9. The van der Waals surface area contributed by atoms with E-state index in [0.717, 1.165) is 24.1 Å². The Morgan fingerprint density at radius 1 is 1.00 bits per heavy atom. The maximum absolute atomic E-state index is 12.6. The molecule has 0 unspecified atom stereocenters. The normalized spacial score (nSPS) is 14.9. The van der Waals surface area contributed by atoms with Gasteiger partial charge in [-0.15, -0.1) is 0 Å². The first-order chi connectivity index (χ1) is 14.7. The second-order valence-corrected chi connectivity index (χ2v) is 7.66. The molecule has 2 aromatic carbocycles. The van der Waals surface area contributed by atoms with Crippen LogP contribution in [0.15, 0.2) is 66.9 Å². The zero-order chi connectivity index (χ0) is 20.8. The monoisotopic (exact) mass is 402 g/mol. The molecule has 154 valence electrons. The molecule has 0 radical (unpaired) electrons. The van der Waals surface area contributed by atoms with Crippen molar-refractivity contribution in [3.8, 4) is 0 Å². The van der Waals surface area contributed by atoms with Crippen molar-refractivity contribution >= 4 is 11.8 Å². The summed E-state index contributed by atoms with van der Waals surface area (Å²) in [5.74, 6) is -0.0771. The molecule has 1 aromatic heterocycles. The number of aromatic nitrogens is 2. The van der Waals surface area contributed by atoms with E-state index in [2.05, 4.69) is 27.9 Å². The lowest BCUT2D eigenvalue weighted by Crippen LogP contribution is -2.36. The molecule has 6 heteroatoms. The van der Waals surface area contributed by atoms with E-state index >= 15 is 0 Å². The molecule has 0 aliphatic carbocycles. The van der Waals surface area contributed by atoms with Crippen molar-refractivity contribution in [2.24, 2.45) is 0 Å². The number of benzene rings is 2. The average Bonchev–Trinajstić information content (AvgIpc) is 3.33. The zero-order valence-corrected chi connectivity index (χ0v) is 16.9. The predicted molar refractivity (Wildman–Crippen MR) is 115 cm³/mol. The van der Waals surface area contributed by atoms with Gasteiger partial charge in [0.2, 0.25) is 5.91 Å². The van der Waals surface area contributed by atoms with Crippen LogP contribution in [0.25, 0.3) is 0 Å². The molecule has 2 N–H and O–H groups in total. The van der Waals surface area contributed by atoms with Crippen molar-refractivity contribution in [1.82, 2.24) is 20.4 Å². The van der Waals surface area contributed by atoms with Gasteiger partial charge in [-0.2, -0.15) is 5.10 Å². The van der Waals surface area contributed by atoms with E-state index in [1.807, 2.05) is 53.2 Å².